The minimum atomic E-state index is -4.18. The van der Waals surface area contributed by atoms with E-state index >= 15 is 0 Å². The Kier molecular flexibility index (Phi) is 5.56. The summed E-state index contributed by atoms with van der Waals surface area (Å²) >= 11 is 0. The van der Waals surface area contributed by atoms with E-state index in [1.807, 2.05) is 0 Å². The number of hydrogen-bond acceptors (Lipinski definition) is 5. The van der Waals surface area contributed by atoms with Crippen LogP contribution in [0.4, 0.5) is 4.39 Å². The van der Waals surface area contributed by atoms with E-state index in [1.54, 1.807) is 18.2 Å². The Hall–Kier alpha value is -3.45. The van der Waals surface area contributed by atoms with Gasteiger partial charge < -0.3 is 9.29 Å². The summed E-state index contributed by atoms with van der Waals surface area (Å²) in [6.45, 7) is 0. The second-order valence-corrected chi connectivity index (χ2v) is 7.35. The van der Waals surface area contributed by atoms with E-state index in [-0.39, 0.29) is 22.2 Å². The van der Waals surface area contributed by atoms with Crippen LogP contribution in [0.1, 0.15) is 15.9 Å². The summed E-state index contributed by atoms with van der Waals surface area (Å²) in [6, 6.07) is 16.4. The number of hydrogen-bond donors (Lipinski definition) is 1. The van der Waals surface area contributed by atoms with Crippen molar-refractivity contribution in [2.75, 3.05) is 0 Å². The van der Waals surface area contributed by atoms with Crippen LogP contribution in [-0.4, -0.2) is 19.3 Å². The Morgan fingerprint density at radius 1 is 0.964 bits per heavy atom. The van der Waals surface area contributed by atoms with Gasteiger partial charge in [-0.15, -0.1) is 0 Å². The number of phenols is 1. The van der Waals surface area contributed by atoms with E-state index in [4.69, 9.17) is 4.18 Å². The van der Waals surface area contributed by atoms with Crippen LogP contribution in [0.15, 0.2) is 83.8 Å². The van der Waals surface area contributed by atoms with E-state index in [9.17, 15) is 22.7 Å². The summed E-state index contributed by atoms with van der Waals surface area (Å²) in [4.78, 5) is 11.9. The third-order valence-corrected chi connectivity index (χ3v) is 4.99. The summed E-state index contributed by atoms with van der Waals surface area (Å²) in [5.41, 5.74) is 1.08. The molecule has 0 fully saturated rings. The summed E-state index contributed by atoms with van der Waals surface area (Å²) < 4.78 is 42.5. The molecule has 0 aromatic heterocycles. The van der Waals surface area contributed by atoms with Crippen LogP contribution in [-0.2, 0) is 10.1 Å². The molecule has 3 rings (SSSR count). The number of phenolic OH excluding ortho intramolecular Hbond substituents is 1. The molecule has 0 unspecified atom stereocenters. The molecule has 28 heavy (non-hydrogen) atoms. The summed E-state index contributed by atoms with van der Waals surface area (Å²) in [7, 11) is -4.18. The third-order valence-electron chi connectivity index (χ3n) is 3.75. The number of allylic oxidation sites excluding steroid dienone is 1. The Labute approximate surface area is 161 Å². The lowest BCUT2D eigenvalue weighted by Gasteiger charge is -2.07. The second kappa shape index (κ2) is 8.06. The summed E-state index contributed by atoms with van der Waals surface area (Å²) in [6.07, 6.45) is 2.96. The minimum absolute atomic E-state index is 0.00308. The van der Waals surface area contributed by atoms with Crippen molar-refractivity contribution < 1.29 is 26.9 Å². The van der Waals surface area contributed by atoms with Gasteiger partial charge in [-0.05, 0) is 66.2 Å². The molecule has 142 valence electrons. The van der Waals surface area contributed by atoms with Crippen molar-refractivity contribution in [3.63, 3.8) is 0 Å². The molecule has 0 atom stereocenters. The molecule has 7 heteroatoms. The Bertz CT molecular complexity index is 1120. The van der Waals surface area contributed by atoms with E-state index in [0.29, 0.717) is 5.56 Å². The largest absolute Gasteiger partial charge is 0.508 e. The van der Waals surface area contributed by atoms with Crippen molar-refractivity contribution >= 4 is 22.0 Å². The highest BCUT2D eigenvalue weighted by Crippen LogP contribution is 2.20. The molecule has 5 nitrogen and oxygen atoms in total. The van der Waals surface area contributed by atoms with Gasteiger partial charge in [-0.25, -0.2) is 4.39 Å². The van der Waals surface area contributed by atoms with Crippen molar-refractivity contribution in [1.82, 2.24) is 0 Å². The third kappa shape index (κ3) is 4.83. The highest BCUT2D eigenvalue weighted by molar-refractivity contribution is 7.87. The predicted molar refractivity (Wildman–Crippen MR) is 102 cm³/mol. The van der Waals surface area contributed by atoms with Gasteiger partial charge in [-0.2, -0.15) is 8.42 Å². The van der Waals surface area contributed by atoms with Gasteiger partial charge in [-0.1, -0.05) is 24.3 Å². The van der Waals surface area contributed by atoms with Crippen LogP contribution in [0.2, 0.25) is 0 Å². The number of benzene rings is 3. The number of carbonyl (C=O) groups excluding carboxylic acids is 1. The molecular formula is C21H15FO5S. The SMILES string of the molecule is O=C(/C=C/c1ccc(O)cc1)c1ccc(OS(=O)(=O)c2cccc(F)c2)cc1. The van der Waals surface area contributed by atoms with E-state index < -0.39 is 15.9 Å². The van der Waals surface area contributed by atoms with Gasteiger partial charge in [0, 0.05) is 5.56 Å². The van der Waals surface area contributed by atoms with Crippen LogP contribution >= 0.6 is 0 Å². The molecule has 0 bridgehead atoms. The Morgan fingerprint density at radius 3 is 2.29 bits per heavy atom. The van der Waals surface area contributed by atoms with Gasteiger partial charge in [-0.3, -0.25) is 4.79 Å². The maximum absolute atomic E-state index is 13.2. The average molecular weight is 398 g/mol. The lowest BCUT2D eigenvalue weighted by Crippen LogP contribution is -2.10. The fraction of sp³-hybridized carbons (Fsp3) is 0. The Morgan fingerprint density at radius 2 is 1.64 bits per heavy atom. The maximum atomic E-state index is 13.2. The van der Waals surface area contributed by atoms with Crippen molar-refractivity contribution in [3.8, 4) is 11.5 Å². The van der Waals surface area contributed by atoms with Gasteiger partial charge in [0.15, 0.2) is 5.78 Å². The molecular weight excluding hydrogens is 383 g/mol. The van der Waals surface area contributed by atoms with Crippen LogP contribution in [0.5, 0.6) is 11.5 Å². The molecule has 0 saturated heterocycles. The van der Waals surface area contributed by atoms with E-state index in [2.05, 4.69) is 0 Å². The molecule has 0 spiro atoms. The van der Waals surface area contributed by atoms with E-state index in [1.165, 1.54) is 54.6 Å². The predicted octanol–water partition coefficient (Wildman–Crippen LogP) is 4.20. The molecule has 0 aliphatic heterocycles. The lowest BCUT2D eigenvalue weighted by atomic mass is 10.1. The zero-order valence-corrected chi connectivity index (χ0v) is 15.3. The van der Waals surface area contributed by atoms with Gasteiger partial charge in [0.05, 0.1) is 0 Å². The van der Waals surface area contributed by atoms with Gasteiger partial charge in [0.2, 0.25) is 0 Å². The van der Waals surface area contributed by atoms with Gasteiger partial charge in [0.1, 0.15) is 22.2 Å². The molecule has 1 N–H and O–H groups in total. The lowest BCUT2D eigenvalue weighted by molar-refractivity contribution is 0.104. The summed E-state index contributed by atoms with van der Waals surface area (Å²) in [5.74, 6) is -0.839. The number of aromatic hydroxyl groups is 1. The highest BCUT2D eigenvalue weighted by Gasteiger charge is 2.17. The van der Waals surface area contributed by atoms with Crippen molar-refractivity contribution in [3.05, 3.63) is 95.8 Å². The van der Waals surface area contributed by atoms with Crippen LogP contribution < -0.4 is 4.18 Å². The number of ketones is 1. The standard InChI is InChI=1S/C21H15FO5S/c22-17-2-1-3-20(14-17)28(25,26)27-19-11-7-16(8-12-19)21(24)13-6-15-4-9-18(23)10-5-15/h1-14,23H/b13-6+. The van der Waals surface area contributed by atoms with Gasteiger partial charge >= 0.3 is 10.1 Å². The van der Waals surface area contributed by atoms with Crippen LogP contribution in [0.3, 0.4) is 0 Å². The molecule has 0 amide bonds. The molecule has 3 aromatic carbocycles. The highest BCUT2D eigenvalue weighted by atomic mass is 32.2. The fourth-order valence-corrected chi connectivity index (χ4v) is 3.29. The maximum Gasteiger partial charge on any atom is 0.339 e. The zero-order valence-electron chi connectivity index (χ0n) is 14.4. The zero-order chi connectivity index (χ0) is 20.1. The fourth-order valence-electron chi connectivity index (χ4n) is 2.33. The minimum Gasteiger partial charge on any atom is -0.508 e. The van der Waals surface area contributed by atoms with Crippen LogP contribution in [0, 0.1) is 5.82 Å². The smallest absolute Gasteiger partial charge is 0.339 e. The molecule has 0 aliphatic carbocycles. The van der Waals surface area contributed by atoms with Gasteiger partial charge in [0.25, 0.3) is 0 Å². The van der Waals surface area contributed by atoms with Crippen molar-refractivity contribution in [2.45, 2.75) is 4.90 Å². The first-order valence-corrected chi connectivity index (χ1v) is 9.56. The molecule has 0 saturated carbocycles. The average Bonchev–Trinajstić information content (AvgIpc) is 2.67. The normalized spacial score (nSPS) is 11.5. The molecule has 0 radical (unpaired) electrons. The first-order chi connectivity index (χ1) is 13.3. The molecule has 3 aromatic rings. The Balaban J connectivity index is 1.70. The number of halogens is 1. The second-order valence-electron chi connectivity index (χ2n) is 5.81. The monoisotopic (exact) mass is 398 g/mol. The first-order valence-electron chi connectivity index (χ1n) is 8.15. The topological polar surface area (TPSA) is 80.7 Å². The van der Waals surface area contributed by atoms with Crippen molar-refractivity contribution in [1.29, 1.82) is 0 Å². The van der Waals surface area contributed by atoms with Crippen LogP contribution in [0.25, 0.3) is 6.08 Å². The quantitative estimate of drug-likeness (QED) is 0.382. The first kappa shape index (κ1) is 19.3. The van der Waals surface area contributed by atoms with Crippen molar-refractivity contribution in [2.24, 2.45) is 0 Å². The van der Waals surface area contributed by atoms with E-state index in [0.717, 1.165) is 17.7 Å². The number of rotatable bonds is 6. The molecule has 0 aliphatic rings. The summed E-state index contributed by atoms with van der Waals surface area (Å²) in [5, 5.41) is 9.24. The number of carbonyl (C=O) groups is 1. The molecule has 0 heterocycles.